The molecule has 0 saturated carbocycles. The first-order valence-corrected chi connectivity index (χ1v) is 30.2. The molecule has 6 aromatic carbocycles. The van der Waals surface area contributed by atoms with E-state index < -0.39 is 116 Å². The van der Waals surface area contributed by atoms with Crippen LogP contribution < -0.4 is 23.3 Å². The molecule has 442 valence electrons. The Hall–Kier alpha value is -5.88. The minimum Gasteiger partial charge on any atom is -0.542 e. The first kappa shape index (κ1) is 65.9. The zero-order valence-corrected chi connectivity index (χ0v) is 48.7. The Morgan fingerprint density at radius 3 is 1.21 bits per heavy atom. The van der Waals surface area contributed by atoms with Crippen LogP contribution in [0.5, 0.6) is 23.0 Å². The molecule has 6 rings (SSSR count). The molecule has 0 aliphatic heterocycles. The normalized spacial score (nSPS) is 15.0. The van der Waals surface area contributed by atoms with Crippen LogP contribution in [0.4, 0.5) is 52.7 Å². The maximum atomic E-state index is 15.9. The third kappa shape index (κ3) is 16.7. The highest BCUT2D eigenvalue weighted by Gasteiger charge is 2.47. The number of alkyl halides is 8. The molecule has 23 heteroatoms. The van der Waals surface area contributed by atoms with Crippen molar-refractivity contribution < 1.29 is 80.1 Å². The minimum atomic E-state index is -4.92. The first-order valence-electron chi connectivity index (χ1n) is 25.0. The van der Waals surface area contributed by atoms with Crippen LogP contribution in [0.25, 0.3) is 0 Å². The first-order chi connectivity index (χ1) is 37.2. The lowest BCUT2D eigenvalue weighted by molar-refractivity contribution is -0.253. The van der Waals surface area contributed by atoms with Crippen LogP contribution in [0.15, 0.2) is 133 Å². The van der Waals surface area contributed by atoms with Gasteiger partial charge in [0.2, 0.25) is 0 Å². The van der Waals surface area contributed by atoms with Gasteiger partial charge in [-0.05, 0) is 154 Å². The monoisotopic (exact) mass is 1200 g/mol. The van der Waals surface area contributed by atoms with Gasteiger partial charge < -0.3 is 19.0 Å². The van der Waals surface area contributed by atoms with E-state index in [4.69, 9.17) is 4.43 Å². The van der Waals surface area contributed by atoms with E-state index in [0.717, 1.165) is 42.5 Å². The van der Waals surface area contributed by atoms with Gasteiger partial charge in [0.25, 0.3) is 8.32 Å². The molecule has 81 heavy (non-hydrogen) atoms. The van der Waals surface area contributed by atoms with Gasteiger partial charge in [0.05, 0.1) is 42.5 Å². The van der Waals surface area contributed by atoms with Gasteiger partial charge in [-0.15, -0.1) is 0 Å². The topological polar surface area (TPSA) is 106 Å². The van der Waals surface area contributed by atoms with Gasteiger partial charge in [0.1, 0.15) is 28.9 Å². The average Bonchev–Trinajstić information content (AvgIpc) is 3.34. The van der Waals surface area contributed by atoms with E-state index in [1.54, 1.807) is 102 Å². The highest BCUT2D eigenvalue weighted by atomic mass is 32.2. The van der Waals surface area contributed by atoms with Gasteiger partial charge in [-0.3, -0.25) is 0 Å². The number of hydrogen-bond donors (Lipinski definition) is 3. The van der Waals surface area contributed by atoms with Crippen molar-refractivity contribution >= 4 is 30.3 Å². The molecule has 4 atom stereocenters. The van der Waals surface area contributed by atoms with Crippen molar-refractivity contribution in [1.29, 1.82) is 0 Å². The number of rotatable bonds is 20. The highest BCUT2D eigenvalue weighted by Crippen LogP contribution is 2.44. The molecule has 0 aliphatic rings. The predicted octanol–water partition coefficient (Wildman–Crippen LogP) is 15.6. The summed E-state index contributed by atoms with van der Waals surface area (Å²) in [7, 11) is -6.25. The second-order valence-electron chi connectivity index (χ2n) is 22.6. The van der Waals surface area contributed by atoms with Crippen molar-refractivity contribution in [2.45, 2.75) is 139 Å². The Kier molecular flexibility index (Phi) is 20.6. The van der Waals surface area contributed by atoms with E-state index in [1.807, 2.05) is 33.9 Å². The fourth-order valence-electron chi connectivity index (χ4n) is 7.67. The summed E-state index contributed by atoms with van der Waals surface area (Å²) in [6, 6.07) is 29.4. The second kappa shape index (κ2) is 25.3. The van der Waals surface area contributed by atoms with E-state index >= 15 is 8.78 Å². The molecule has 0 bridgehead atoms. The second-order valence-corrected chi connectivity index (χ2v) is 31.2. The lowest BCUT2D eigenvalue weighted by Gasteiger charge is -2.39. The molecule has 6 aromatic rings. The van der Waals surface area contributed by atoms with Gasteiger partial charge in [-0.2, -0.15) is 35.1 Å². The standard InChI is InChI=1S/C32H39F6NO3SSi.C26H25F6NO3S/c1-29(2,3)43(40)39-31(20-21-12-10-9-11-13-21,23-16-24(33)19-25(17-23)41-32(37,38)28(35)36)22-14-15-27(26(34)18-22)42-44(7,8)30(4,5)6;1-24(2,3)37(35)33-25(15-16-7-5-4-6-8-16,17-9-10-22(34)21(28)13-17)18-11-19(27)14-20(12-18)36-26(31,32)23(29)30/h9-19,28,39H,20H2,1-8H3;4-14,23,33-34H,15H2,1-3H3/t31?,43-;25?,37-/m11/s1. The Morgan fingerprint density at radius 1 is 0.506 bits per heavy atom. The predicted molar refractivity (Wildman–Crippen MR) is 292 cm³/mol. The molecule has 0 heterocycles. The molecule has 0 aromatic heterocycles. The van der Waals surface area contributed by atoms with Crippen LogP contribution in [0.1, 0.15) is 95.7 Å². The van der Waals surface area contributed by atoms with E-state index in [-0.39, 0.29) is 45.9 Å². The largest absolute Gasteiger partial charge is 0.542 e. The summed E-state index contributed by atoms with van der Waals surface area (Å²) in [5.74, 6) is -6.48. The van der Waals surface area contributed by atoms with Gasteiger partial charge in [0.15, 0.2) is 17.4 Å². The van der Waals surface area contributed by atoms with Gasteiger partial charge in [-0.25, -0.2) is 35.4 Å². The molecule has 0 amide bonds. The lowest BCUT2D eigenvalue weighted by Crippen LogP contribution is -2.50. The number of benzene rings is 6. The van der Waals surface area contributed by atoms with Crippen LogP contribution in [0, 0.1) is 23.3 Å². The van der Waals surface area contributed by atoms with E-state index in [0.29, 0.717) is 23.3 Å². The summed E-state index contributed by atoms with van der Waals surface area (Å²) in [4.78, 5) is 0. The molecule has 0 spiro atoms. The van der Waals surface area contributed by atoms with E-state index in [1.165, 1.54) is 18.2 Å². The third-order valence-electron chi connectivity index (χ3n) is 13.1. The van der Waals surface area contributed by atoms with Crippen molar-refractivity contribution in [1.82, 2.24) is 9.44 Å². The molecule has 8 nitrogen and oxygen atoms in total. The maximum Gasteiger partial charge on any atom is 0.461 e. The summed E-state index contributed by atoms with van der Waals surface area (Å²) in [6.45, 7) is 19.9. The maximum absolute atomic E-state index is 15.9. The number of halogens is 12. The van der Waals surface area contributed by atoms with Crippen LogP contribution in [-0.4, -0.2) is 56.4 Å². The number of hydrogen-bond acceptors (Lipinski definition) is 6. The zero-order valence-electron chi connectivity index (χ0n) is 46.1. The van der Waals surface area contributed by atoms with E-state index in [9.17, 15) is 57.4 Å². The molecular weight excluding hydrogens is 1140 g/mol. The van der Waals surface area contributed by atoms with Crippen molar-refractivity contribution in [2.24, 2.45) is 0 Å². The van der Waals surface area contributed by atoms with Crippen molar-refractivity contribution in [2.75, 3.05) is 0 Å². The number of nitrogens with one attached hydrogen (secondary N) is 2. The minimum absolute atomic E-state index is 0.00858. The Morgan fingerprint density at radius 2 is 0.877 bits per heavy atom. The highest BCUT2D eigenvalue weighted by molar-refractivity contribution is 7.84. The van der Waals surface area contributed by atoms with Crippen LogP contribution in [-0.2, 0) is 45.9 Å². The fraction of sp³-hybridized carbons (Fsp3) is 0.379. The molecule has 3 N–H and O–H groups in total. The Balaban J connectivity index is 0.000000302. The Bertz CT molecular complexity index is 3160. The molecule has 0 saturated heterocycles. The Labute approximate surface area is 469 Å². The quantitative estimate of drug-likeness (QED) is 0.0519. The summed E-state index contributed by atoms with van der Waals surface area (Å²) >= 11 is 0. The van der Waals surface area contributed by atoms with Gasteiger partial charge >= 0.3 is 25.1 Å². The zero-order chi connectivity index (χ0) is 60.9. The lowest BCUT2D eigenvalue weighted by atomic mass is 9.78. The summed E-state index contributed by atoms with van der Waals surface area (Å²) in [5, 5.41) is 9.52. The van der Waals surface area contributed by atoms with Crippen molar-refractivity contribution in [3.63, 3.8) is 0 Å². The van der Waals surface area contributed by atoms with Crippen molar-refractivity contribution in [3.05, 3.63) is 190 Å². The molecule has 0 fully saturated rings. The van der Waals surface area contributed by atoms with Gasteiger partial charge in [-0.1, -0.05) is 93.6 Å². The van der Waals surface area contributed by atoms with Crippen LogP contribution >= 0.6 is 0 Å². The molecular formula is C58H64F12N2O6S2Si. The summed E-state index contributed by atoms with van der Waals surface area (Å²) in [6.07, 6.45) is -18.4. The fourth-order valence-corrected chi connectivity index (χ4v) is 10.5. The molecule has 2 unspecified atom stereocenters. The van der Waals surface area contributed by atoms with Crippen LogP contribution in [0.2, 0.25) is 18.1 Å². The average molecular weight is 1210 g/mol. The summed E-state index contributed by atoms with van der Waals surface area (Å²) in [5.41, 5.74) is -2.28. The number of phenols is 1. The third-order valence-corrected chi connectivity index (χ3v) is 20.7. The smallest absolute Gasteiger partial charge is 0.461 e. The van der Waals surface area contributed by atoms with Gasteiger partial charge in [0, 0.05) is 12.1 Å². The number of ether oxygens (including phenoxy) is 2. The summed E-state index contributed by atoms with van der Waals surface area (Å²) < 4.78 is 213. The molecule has 0 aliphatic carbocycles. The number of aromatic hydroxyl groups is 1. The number of phenolic OH excluding ortho intramolecular Hbond substituents is 1. The molecule has 0 radical (unpaired) electrons. The SMILES string of the molecule is CC(C)(C)[S@@](=O)NC(Cc1ccccc1)(c1cc(F)cc(OC(F)(F)C(F)F)c1)c1ccc(O)c(F)c1.CC(C)(C)[S@@](=O)NC(Cc1ccccc1)(c1cc(F)cc(OC(F)(F)C(F)F)c1)c1ccc(O[Si](C)(C)C(C)(C)C)c(F)c1. The van der Waals surface area contributed by atoms with Crippen LogP contribution in [0.3, 0.4) is 0 Å². The van der Waals surface area contributed by atoms with E-state index in [2.05, 4.69) is 18.9 Å². The van der Waals surface area contributed by atoms with Crippen molar-refractivity contribution in [3.8, 4) is 23.0 Å².